The zero-order valence-corrected chi connectivity index (χ0v) is 17.9. The van der Waals surface area contributed by atoms with Crippen LogP contribution < -0.4 is 15.4 Å². The standard InChI is InChI=1S/C22H24N4O4S/c27-18(6-10-26-19(28)22(25-21(26)29)8-2-1-3-9-22)24-20-23-16(13-31-20)14-4-5-17-15(12-14)7-11-30-17/h4-5,12-13H,1-3,6-11H2,(H,25,29)(H,23,24,27). The normalized spacial score (nSPS) is 19.3. The van der Waals surface area contributed by atoms with Crippen molar-refractivity contribution in [2.75, 3.05) is 18.5 Å². The van der Waals surface area contributed by atoms with Crippen LogP contribution in [0.3, 0.4) is 0 Å². The van der Waals surface area contributed by atoms with Crippen molar-refractivity contribution in [1.82, 2.24) is 15.2 Å². The molecular formula is C22H24N4O4S. The molecule has 9 heteroatoms. The topological polar surface area (TPSA) is 101 Å². The number of fused-ring (bicyclic) bond motifs is 1. The van der Waals surface area contributed by atoms with Crippen LogP contribution in [-0.2, 0) is 16.0 Å². The van der Waals surface area contributed by atoms with Crippen LogP contribution in [0.15, 0.2) is 23.6 Å². The van der Waals surface area contributed by atoms with Crippen molar-refractivity contribution >= 4 is 34.3 Å². The van der Waals surface area contributed by atoms with Gasteiger partial charge in [0.05, 0.1) is 12.3 Å². The Morgan fingerprint density at radius 2 is 2.10 bits per heavy atom. The van der Waals surface area contributed by atoms with Gasteiger partial charge in [0.15, 0.2) is 5.13 Å². The molecule has 3 aliphatic rings. The summed E-state index contributed by atoms with van der Waals surface area (Å²) >= 11 is 1.35. The van der Waals surface area contributed by atoms with Gasteiger partial charge in [0.1, 0.15) is 11.3 Å². The first-order valence-corrected chi connectivity index (χ1v) is 11.6. The van der Waals surface area contributed by atoms with Crippen LogP contribution in [-0.4, -0.2) is 46.4 Å². The van der Waals surface area contributed by atoms with E-state index in [1.165, 1.54) is 21.8 Å². The lowest BCUT2D eigenvalue weighted by molar-refractivity contribution is -0.132. The maximum absolute atomic E-state index is 12.8. The Kier molecular flexibility index (Phi) is 5.13. The molecular weight excluding hydrogens is 416 g/mol. The zero-order chi connectivity index (χ0) is 21.4. The van der Waals surface area contributed by atoms with Gasteiger partial charge in [-0.05, 0) is 36.6 Å². The Morgan fingerprint density at radius 1 is 1.26 bits per heavy atom. The number of thiazole rings is 1. The molecule has 1 saturated carbocycles. The molecule has 1 spiro atoms. The number of imide groups is 1. The first-order chi connectivity index (χ1) is 15.0. The Bertz CT molecular complexity index is 1040. The molecule has 3 heterocycles. The highest BCUT2D eigenvalue weighted by Crippen LogP contribution is 2.34. The number of hydrogen-bond acceptors (Lipinski definition) is 6. The molecule has 4 amide bonds. The second-order valence-corrected chi connectivity index (χ2v) is 9.14. The van der Waals surface area contributed by atoms with E-state index >= 15 is 0 Å². The lowest BCUT2D eigenvalue weighted by atomic mass is 9.82. The van der Waals surface area contributed by atoms with Gasteiger partial charge in [-0.25, -0.2) is 9.78 Å². The summed E-state index contributed by atoms with van der Waals surface area (Å²) in [7, 11) is 0. The molecule has 1 aromatic carbocycles. The predicted molar refractivity (Wildman–Crippen MR) is 116 cm³/mol. The Morgan fingerprint density at radius 3 is 2.94 bits per heavy atom. The van der Waals surface area contributed by atoms with Crippen molar-refractivity contribution in [2.24, 2.45) is 0 Å². The van der Waals surface area contributed by atoms with Crippen molar-refractivity contribution in [2.45, 2.75) is 50.5 Å². The lowest BCUT2D eigenvalue weighted by Crippen LogP contribution is -2.48. The first-order valence-electron chi connectivity index (χ1n) is 10.7. The molecule has 162 valence electrons. The summed E-state index contributed by atoms with van der Waals surface area (Å²) in [6.45, 7) is 0.775. The van der Waals surface area contributed by atoms with E-state index in [9.17, 15) is 14.4 Å². The molecule has 0 bridgehead atoms. The molecule has 2 N–H and O–H groups in total. The maximum atomic E-state index is 12.8. The Labute approximate surface area is 184 Å². The van der Waals surface area contributed by atoms with Crippen LogP contribution in [0.2, 0.25) is 0 Å². The van der Waals surface area contributed by atoms with E-state index in [0.717, 1.165) is 42.7 Å². The van der Waals surface area contributed by atoms with E-state index in [1.54, 1.807) is 0 Å². The molecule has 0 atom stereocenters. The zero-order valence-electron chi connectivity index (χ0n) is 17.1. The van der Waals surface area contributed by atoms with Gasteiger partial charge in [0.2, 0.25) is 5.91 Å². The van der Waals surface area contributed by atoms with Crippen LogP contribution in [0.5, 0.6) is 5.75 Å². The van der Waals surface area contributed by atoms with Crippen molar-refractivity contribution in [3.63, 3.8) is 0 Å². The number of benzene rings is 1. The van der Waals surface area contributed by atoms with E-state index in [2.05, 4.69) is 21.7 Å². The van der Waals surface area contributed by atoms with Crippen LogP contribution >= 0.6 is 11.3 Å². The minimum absolute atomic E-state index is 0.0420. The van der Waals surface area contributed by atoms with Crippen molar-refractivity contribution in [3.8, 4) is 17.0 Å². The van der Waals surface area contributed by atoms with Crippen molar-refractivity contribution < 1.29 is 19.1 Å². The van der Waals surface area contributed by atoms with Crippen LogP contribution in [0.25, 0.3) is 11.3 Å². The highest BCUT2D eigenvalue weighted by molar-refractivity contribution is 7.14. The third-order valence-corrected chi connectivity index (χ3v) is 7.01. The average Bonchev–Trinajstić information content (AvgIpc) is 3.47. The van der Waals surface area contributed by atoms with E-state index in [4.69, 9.17) is 4.74 Å². The fraction of sp³-hybridized carbons (Fsp3) is 0.455. The number of rotatable bonds is 5. The number of nitrogens with one attached hydrogen (secondary N) is 2. The van der Waals surface area contributed by atoms with E-state index in [-0.39, 0.29) is 24.8 Å². The van der Waals surface area contributed by atoms with Crippen molar-refractivity contribution in [3.05, 3.63) is 29.1 Å². The molecule has 0 radical (unpaired) electrons. The second-order valence-electron chi connectivity index (χ2n) is 8.29. The minimum atomic E-state index is -0.753. The van der Waals surface area contributed by atoms with E-state index in [0.29, 0.717) is 24.6 Å². The molecule has 2 aliphatic heterocycles. The number of carbonyl (C=O) groups excluding carboxylic acids is 3. The van der Waals surface area contributed by atoms with E-state index < -0.39 is 11.6 Å². The summed E-state index contributed by atoms with van der Waals surface area (Å²) in [4.78, 5) is 43.2. The number of amides is 4. The highest BCUT2D eigenvalue weighted by Gasteiger charge is 2.51. The minimum Gasteiger partial charge on any atom is -0.493 e. The number of anilines is 1. The van der Waals surface area contributed by atoms with Gasteiger partial charge in [-0.3, -0.25) is 14.5 Å². The summed E-state index contributed by atoms with van der Waals surface area (Å²) in [5.41, 5.74) is 2.19. The first kappa shape index (κ1) is 20.0. The molecule has 8 nitrogen and oxygen atoms in total. The smallest absolute Gasteiger partial charge is 0.325 e. The van der Waals surface area contributed by atoms with Gasteiger partial charge in [0, 0.05) is 30.3 Å². The Balaban J connectivity index is 1.18. The molecule has 31 heavy (non-hydrogen) atoms. The molecule has 5 rings (SSSR count). The summed E-state index contributed by atoms with van der Waals surface area (Å²) in [5, 5.41) is 8.05. The lowest BCUT2D eigenvalue weighted by Gasteiger charge is -2.30. The highest BCUT2D eigenvalue weighted by atomic mass is 32.1. The van der Waals surface area contributed by atoms with Crippen molar-refractivity contribution in [1.29, 1.82) is 0 Å². The number of nitrogens with zero attached hydrogens (tertiary/aromatic N) is 2. The summed E-state index contributed by atoms with van der Waals surface area (Å²) in [6, 6.07) is 5.59. The van der Waals surface area contributed by atoms with Gasteiger partial charge < -0.3 is 15.4 Å². The number of urea groups is 1. The summed E-state index contributed by atoms with van der Waals surface area (Å²) in [6.07, 6.45) is 5.24. The molecule has 2 aromatic rings. The van der Waals surface area contributed by atoms with E-state index in [1.807, 2.05) is 17.5 Å². The monoisotopic (exact) mass is 440 g/mol. The third-order valence-electron chi connectivity index (χ3n) is 6.25. The second kappa shape index (κ2) is 7.96. The maximum Gasteiger partial charge on any atom is 0.325 e. The van der Waals surface area contributed by atoms with Crippen LogP contribution in [0.4, 0.5) is 9.93 Å². The average molecular weight is 441 g/mol. The summed E-state index contributed by atoms with van der Waals surface area (Å²) < 4.78 is 5.54. The summed E-state index contributed by atoms with van der Waals surface area (Å²) in [5.74, 6) is 0.457. The molecule has 0 unspecified atom stereocenters. The molecule has 1 saturated heterocycles. The predicted octanol–water partition coefficient (Wildman–Crippen LogP) is 3.33. The SMILES string of the molecule is O=C(CCN1C(=O)NC2(CCCCC2)C1=O)Nc1nc(-c2ccc3c(c2)CCO3)cs1. The van der Waals surface area contributed by atoms with Crippen LogP contribution in [0, 0.1) is 0 Å². The molecule has 1 aliphatic carbocycles. The number of aromatic nitrogens is 1. The fourth-order valence-electron chi connectivity index (χ4n) is 4.58. The fourth-order valence-corrected chi connectivity index (χ4v) is 5.31. The number of hydrogen-bond donors (Lipinski definition) is 2. The van der Waals surface area contributed by atoms with Gasteiger partial charge in [0.25, 0.3) is 5.91 Å². The number of ether oxygens (including phenoxy) is 1. The molecule has 2 fully saturated rings. The third kappa shape index (κ3) is 3.78. The van der Waals surface area contributed by atoms with Gasteiger partial charge in [-0.15, -0.1) is 11.3 Å². The quantitative estimate of drug-likeness (QED) is 0.695. The number of carbonyl (C=O) groups is 3. The van der Waals surface area contributed by atoms with Crippen LogP contribution in [0.1, 0.15) is 44.1 Å². The van der Waals surface area contributed by atoms with Gasteiger partial charge in [-0.1, -0.05) is 19.3 Å². The van der Waals surface area contributed by atoms with Gasteiger partial charge >= 0.3 is 6.03 Å². The molecule has 1 aromatic heterocycles. The largest absolute Gasteiger partial charge is 0.493 e. The van der Waals surface area contributed by atoms with Gasteiger partial charge in [-0.2, -0.15) is 0 Å². The Hall–Kier alpha value is -2.94.